The van der Waals surface area contributed by atoms with E-state index < -0.39 is 0 Å². The van der Waals surface area contributed by atoms with E-state index in [1.54, 1.807) is 0 Å². The van der Waals surface area contributed by atoms with Gasteiger partial charge in [-0.25, -0.2) is 0 Å². The lowest BCUT2D eigenvalue weighted by atomic mass is 9.56. The fourth-order valence-electron chi connectivity index (χ4n) is 3.30. The predicted molar refractivity (Wildman–Crippen MR) is 53.5 cm³/mol. The number of hydrogen-bond acceptors (Lipinski definition) is 1. The highest BCUT2D eigenvalue weighted by molar-refractivity contribution is 5.79. The third-order valence-electron chi connectivity index (χ3n) is 4.66. The normalized spacial score (nSPS) is 45.8. The molecule has 0 bridgehead atoms. The standard InChI is InChI=1S/C12H20O/c1-9-4-3-5-10-8-11(13)6-7-12(9,10)2/h9-10H,3-8H2,1-2H3/t9-,10-,12+/m1/s1. The summed E-state index contributed by atoms with van der Waals surface area (Å²) in [6.07, 6.45) is 6.89. The molecule has 0 aliphatic heterocycles. The Morgan fingerprint density at radius 2 is 2.15 bits per heavy atom. The summed E-state index contributed by atoms with van der Waals surface area (Å²) in [5, 5.41) is 0. The summed E-state index contributed by atoms with van der Waals surface area (Å²) in [5.74, 6) is 2.05. The van der Waals surface area contributed by atoms with Crippen LogP contribution in [0.15, 0.2) is 0 Å². The Morgan fingerprint density at radius 3 is 2.92 bits per heavy atom. The summed E-state index contributed by atoms with van der Waals surface area (Å²) in [6, 6.07) is 0. The molecule has 2 fully saturated rings. The molecule has 0 aromatic carbocycles. The van der Waals surface area contributed by atoms with Gasteiger partial charge in [-0.3, -0.25) is 4.79 Å². The van der Waals surface area contributed by atoms with Gasteiger partial charge in [0, 0.05) is 12.8 Å². The van der Waals surface area contributed by atoms with Gasteiger partial charge in [0.05, 0.1) is 0 Å². The van der Waals surface area contributed by atoms with Gasteiger partial charge in [-0.2, -0.15) is 0 Å². The van der Waals surface area contributed by atoms with Crippen molar-refractivity contribution in [2.45, 2.75) is 52.4 Å². The van der Waals surface area contributed by atoms with Crippen LogP contribution >= 0.6 is 0 Å². The summed E-state index contributed by atoms with van der Waals surface area (Å²) in [4.78, 5) is 11.4. The average Bonchev–Trinajstić information content (AvgIpc) is 2.09. The van der Waals surface area contributed by atoms with Crippen molar-refractivity contribution < 1.29 is 4.79 Å². The number of rotatable bonds is 0. The summed E-state index contributed by atoms with van der Waals surface area (Å²) >= 11 is 0. The van der Waals surface area contributed by atoms with Crippen molar-refractivity contribution in [2.24, 2.45) is 17.3 Å². The zero-order chi connectivity index (χ0) is 9.47. The molecule has 2 aliphatic rings. The molecule has 1 heteroatoms. The monoisotopic (exact) mass is 180 g/mol. The number of carbonyl (C=O) groups is 1. The summed E-state index contributed by atoms with van der Waals surface area (Å²) in [7, 11) is 0. The molecular weight excluding hydrogens is 160 g/mol. The van der Waals surface area contributed by atoms with Gasteiger partial charge in [0.2, 0.25) is 0 Å². The molecule has 0 spiro atoms. The maximum absolute atomic E-state index is 11.4. The number of fused-ring (bicyclic) bond motifs is 1. The predicted octanol–water partition coefficient (Wildman–Crippen LogP) is 3.18. The molecule has 0 heterocycles. The summed E-state index contributed by atoms with van der Waals surface area (Å²) in [5.41, 5.74) is 0.492. The maximum Gasteiger partial charge on any atom is 0.133 e. The van der Waals surface area contributed by atoms with Crippen LogP contribution in [0.4, 0.5) is 0 Å². The van der Waals surface area contributed by atoms with Crippen LogP contribution in [0.25, 0.3) is 0 Å². The SMILES string of the molecule is C[C@@H]1CCC[C@@H]2CC(=O)CC[C@]21C. The Hall–Kier alpha value is -0.330. The van der Waals surface area contributed by atoms with Gasteiger partial charge in [-0.1, -0.05) is 26.7 Å². The van der Waals surface area contributed by atoms with Crippen molar-refractivity contribution in [1.29, 1.82) is 0 Å². The van der Waals surface area contributed by atoms with Crippen molar-refractivity contribution in [3.05, 3.63) is 0 Å². The minimum atomic E-state index is 0.492. The van der Waals surface area contributed by atoms with Gasteiger partial charge < -0.3 is 0 Å². The van der Waals surface area contributed by atoms with E-state index in [2.05, 4.69) is 13.8 Å². The Labute approximate surface area is 80.9 Å². The largest absolute Gasteiger partial charge is 0.300 e. The molecule has 0 saturated heterocycles. The second-order valence-corrected chi connectivity index (χ2v) is 5.28. The lowest BCUT2D eigenvalue weighted by Crippen LogP contribution is -2.42. The van der Waals surface area contributed by atoms with E-state index in [0.717, 1.165) is 25.2 Å². The third kappa shape index (κ3) is 1.43. The zero-order valence-corrected chi connectivity index (χ0v) is 8.81. The van der Waals surface area contributed by atoms with E-state index in [1.807, 2.05) is 0 Å². The van der Waals surface area contributed by atoms with Crippen LogP contribution in [-0.4, -0.2) is 5.78 Å². The van der Waals surface area contributed by atoms with E-state index in [1.165, 1.54) is 19.3 Å². The first-order valence-corrected chi connectivity index (χ1v) is 5.64. The lowest BCUT2D eigenvalue weighted by molar-refractivity contribution is -0.127. The zero-order valence-electron chi connectivity index (χ0n) is 8.81. The van der Waals surface area contributed by atoms with Crippen LogP contribution in [0.5, 0.6) is 0 Å². The first-order chi connectivity index (χ1) is 6.13. The van der Waals surface area contributed by atoms with Crippen LogP contribution in [0.2, 0.25) is 0 Å². The van der Waals surface area contributed by atoms with Crippen molar-refractivity contribution in [1.82, 2.24) is 0 Å². The molecule has 0 N–H and O–H groups in total. The van der Waals surface area contributed by atoms with Crippen LogP contribution in [0, 0.1) is 17.3 Å². The van der Waals surface area contributed by atoms with Crippen LogP contribution < -0.4 is 0 Å². The first-order valence-electron chi connectivity index (χ1n) is 5.64. The molecule has 0 unspecified atom stereocenters. The smallest absolute Gasteiger partial charge is 0.133 e. The van der Waals surface area contributed by atoms with Crippen molar-refractivity contribution in [2.75, 3.05) is 0 Å². The Morgan fingerprint density at radius 1 is 1.38 bits per heavy atom. The van der Waals surface area contributed by atoms with Gasteiger partial charge in [-0.05, 0) is 30.1 Å². The number of hydrogen-bond donors (Lipinski definition) is 0. The molecular formula is C12H20O. The van der Waals surface area contributed by atoms with E-state index in [0.29, 0.717) is 17.1 Å². The lowest BCUT2D eigenvalue weighted by Gasteiger charge is -2.49. The molecule has 3 atom stereocenters. The molecule has 13 heavy (non-hydrogen) atoms. The van der Waals surface area contributed by atoms with Gasteiger partial charge in [0.25, 0.3) is 0 Å². The van der Waals surface area contributed by atoms with E-state index >= 15 is 0 Å². The van der Waals surface area contributed by atoms with Gasteiger partial charge in [0.15, 0.2) is 0 Å². The molecule has 74 valence electrons. The van der Waals surface area contributed by atoms with E-state index in [4.69, 9.17) is 0 Å². The number of carbonyl (C=O) groups excluding carboxylic acids is 1. The fraction of sp³-hybridized carbons (Fsp3) is 0.917. The molecule has 2 aliphatic carbocycles. The molecule has 0 aromatic rings. The minimum absolute atomic E-state index is 0.492. The highest BCUT2D eigenvalue weighted by atomic mass is 16.1. The minimum Gasteiger partial charge on any atom is -0.300 e. The summed E-state index contributed by atoms with van der Waals surface area (Å²) in [6.45, 7) is 4.79. The number of ketones is 1. The highest BCUT2D eigenvalue weighted by Gasteiger charge is 2.44. The van der Waals surface area contributed by atoms with Crippen LogP contribution in [0.3, 0.4) is 0 Å². The molecule has 2 rings (SSSR count). The second-order valence-electron chi connectivity index (χ2n) is 5.28. The fourth-order valence-corrected chi connectivity index (χ4v) is 3.30. The topological polar surface area (TPSA) is 17.1 Å². The van der Waals surface area contributed by atoms with E-state index in [-0.39, 0.29) is 0 Å². The highest BCUT2D eigenvalue weighted by Crippen LogP contribution is 2.52. The Kier molecular flexibility index (Phi) is 2.21. The molecule has 0 amide bonds. The van der Waals surface area contributed by atoms with Crippen molar-refractivity contribution in [3.8, 4) is 0 Å². The van der Waals surface area contributed by atoms with Gasteiger partial charge in [-0.15, -0.1) is 0 Å². The molecule has 2 saturated carbocycles. The quantitative estimate of drug-likeness (QED) is 0.559. The van der Waals surface area contributed by atoms with Crippen LogP contribution in [0.1, 0.15) is 52.4 Å². The van der Waals surface area contributed by atoms with Crippen molar-refractivity contribution >= 4 is 5.78 Å². The second kappa shape index (κ2) is 3.11. The summed E-state index contributed by atoms with van der Waals surface area (Å²) < 4.78 is 0. The first kappa shape index (κ1) is 9.23. The van der Waals surface area contributed by atoms with Gasteiger partial charge in [0.1, 0.15) is 5.78 Å². The molecule has 0 radical (unpaired) electrons. The molecule has 1 nitrogen and oxygen atoms in total. The number of Topliss-reactive ketones (excluding diaryl/α,β-unsaturated/α-hetero) is 1. The Balaban J connectivity index is 2.17. The maximum atomic E-state index is 11.4. The van der Waals surface area contributed by atoms with Crippen LogP contribution in [-0.2, 0) is 4.79 Å². The Bertz CT molecular complexity index is 221. The molecule has 0 aromatic heterocycles. The van der Waals surface area contributed by atoms with E-state index in [9.17, 15) is 4.79 Å². The third-order valence-corrected chi connectivity index (χ3v) is 4.66. The van der Waals surface area contributed by atoms with Gasteiger partial charge >= 0.3 is 0 Å². The average molecular weight is 180 g/mol. The van der Waals surface area contributed by atoms with Crippen molar-refractivity contribution in [3.63, 3.8) is 0 Å².